The molecule has 1 heteroatoms. The van der Waals surface area contributed by atoms with Crippen molar-refractivity contribution in [1.29, 1.82) is 0 Å². The molecule has 1 saturated carbocycles. The fraction of sp³-hybridized carbons (Fsp3) is 0.727. The van der Waals surface area contributed by atoms with Crippen LogP contribution < -0.4 is 0 Å². The molecular weight excluding hydrogens is 148 g/mol. The molecule has 3 aliphatic rings. The van der Waals surface area contributed by atoms with Crippen LogP contribution in [-0.4, -0.2) is 5.78 Å². The minimum atomic E-state index is 0.328. The number of fused-ring (bicyclic) bond motifs is 2. The van der Waals surface area contributed by atoms with Crippen LogP contribution in [0.2, 0.25) is 0 Å². The standard InChI is InChI=1S/C11H16O/c1-7-9-3-5-10(6-4-9)11(7)8(2)12/h3,5,7,9-11H,4,6H2,1-2H3/t7-,9-,10+,11-/m0/s1. The van der Waals surface area contributed by atoms with Crippen LogP contribution in [0.15, 0.2) is 12.2 Å². The Labute approximate surface area is 73.8 Å². The van der Waals surface area contributed by atoms with Gasteiger partial charge in [0, 0.05) is 5.92 Å². The van der Waals surface area contributed by atoms with E-state index in [0.717, 1.165) is 0 Å². The van der Waals surface area contributed by atoms with Gasteiger partial charge in [0.1, 0.15) is 5.78 Å². The Balaban J connectivity index is 2.26. The molecule has 0 spiro atoms. The van der Waals surface area contributed by atoms with Gasteiger partial charge in [-0.25, -0.2) is 0 Å². The monoisotopic (exact) mass is 164 g/mol. The van der Waals surface area contributed by atoms with Crippen LogP contribution in [0.25, 0.3) is 0 Å². The molecule has 0 radical (unpaired) electrons. The van der Waals surface area contributed by atoms with Gasteiger partial charge < -0.3 is 0 Å². The molecule has 0 saturated heterocycles. The number of hydrogen-bond donors (Lipinski definition) is 0. The quantitative estimate of drug-likeness (QED) is 0.544. The van der Waals surface area contributed by atoms with E-state index in [4.69, 9.17) is 0 Å². The third-order valence-corrected chi connectivity index (χ3v) is 3.61. The van der Waals surface area contributed by atoms with Crippen molar-refractivity contribution in [3.8, 4) is 0 Å². The van der Waals surface area contributed by atoms with Gasteiger partial charge >= 0.3 is 0 Å². The molecule has 0 aromatic carbocycles. The van der Waals surface area contributed by atoms with Crippen LogP contribution in [-0.2, 0) is 4.79 Å². The predicted octanol–water partition coefficient (Wildman–Crippen LogP) is 2.42. The molecule has 3 rings (SSSR count). The lowest BCUT2D eigenvalue weighted by atomic mass is 9.62. The van der Waals surface area contributed by atoms with E-state index in [0.29, 0.717) is 29.5 Å². The Morgan fingerprint density at radius 1 is 1.25 bits per heavy atom. The van der Waals surface area contributed by atoms with Gasteiger partial charge in [-0.15, -0.1) is 0 Å². The Bertz CT molecular complexity index is 229. The topological polar surface area (TPSA) is 17.1 Å². The van der Waals surface area contributed by atoms with Crippen molar-refractivity contribution in [2.45, 2.75) is 26.7 Å². The Morgan fingerprint density at radius 3 is 2.17 bits per heavy atom. The number of allylic oxidation sites excluding steroid dienone is 2. The van der Waals surface area contributed by atoms with E-state index in [1.165, 1.54) is 12.8 Å². The second-order valence-corrected chi connectivity index (χ2v) is 4.29. The van der Waals surface area contributed by atoms with Crippen LogP contribution in [0.4, 0.5) is 0 Å². The Morgan fingerprint density at radius 2 is 1.83 bits per heavy atom. The minimum Gasteiger partial charge on any atom is -0.300 e. The highest BCUT2D eigenvalue weighted by Crippen LogP contribution is 2.44. The van der Waals surface area contributed by atoms with Crippen molar-refractivity contribution in [3.63, 3.8) is 0 Å². The zero-order valence-electron chi connectivity index (χ0n) is 7.79. The summed E-state index contributed by atoms with van der Waals surface area (Å²) < 4.78 is 0. The number of hydrogen-bond acceptors (Lipinski definition) is 1. The van der Waals surface area contributed by atoms with Gasteiger partial charge in [-0.1, -0.05) is 19.1 Å². The number of carbonyl (C=O) groups excluding carboxylic acids is 1. The normalized spacial score (nSPS) is 44.8. The van der Waals surface area contributed by atoms with E-state index in [2.05, 4.69) is 19.1 Å². The molecule has 0 aliphatic heterocycles. The summed E-state index contributed by atoms with van der Waals surface area (Å²) in [6.07, 6.45) is 7.11. The lowest BCUT2D eigenvalue weighted by molar-refractivity contribution is -0.125. The minimum absolute atomic E-state index is 0.328. The second kappa shape index (κ2) is 2.72. The highest BCUT2D eigenvalue weighted by Gasteiger charge is 2.40. The Kier molecular flexibility index (Phi) is 1.82. The van der Waals surface area contributed by atoms with Crippen molar-refractivity contribution in [1.82, 2.24) is 0 Å². The maximum absolute atomic E-state index is 11.4. The molecule has 0 aromatic rings. The third kappa shape index (κ3) is 1.03. The van der Waals surface area contributed by atoms with E-state index in [1.807, 2.05) is 0 Å². The summed E-state index contributed by atoms with van der Waals surface area (Å²) in [6, 6.07) is 0. The zero-order valence-corrected chi connectivity index (χ0v) is 7.79. The fourth-order valence-corrected chi connectivity index (χ4v) is 2.93. The van der Waals surface area contributed by atoms with E-state index >= 15 is 0 Å². The molecule has 0 unspecified atom stereocenters. The largest absolute Gasteiger partial charge is 0.300 e. The maximum atomic E-state index is 11.4. The smallest absolute Gasteiger partial charge is 0.133 e. The molecule has 3 aliphatic carbocycles. The lowest BCUT2D eigenvalue weighted by Crippen LogP contribution is -2.38. The molecule has 1 fully saturated rings. The average Bonchev–Trinajstić information content (AvgIpc) is 2.05. The zero-order chi connectivity index (χ0) is 8.72. The van der Waals surface area contributed by atoms with Crippen molar-refractivity contribution in [3.05, 3.63) is 12.2 Å². The van der Waals surface area contributed by atoms with Crippen molar-refractivity contribution < 1.29 is 4.79 Å². The van der Waals surface area contributed by atoms with Crippen LogP contribution in [0.1, 0.15) is 26.7 Å². The average molecular weight is 164 g/mol. The molecule has 2 bridgehead atoms. The highest BCUT2D eigenvalue weighted by molar-refractivity contribution is 5.79. The van der Waals surface area contributed by atoms with Gasteiger partial charge in [0.05, 0.1) is 0 Å². The molecular formula is C11H16O. The highest BCUT2D eigenvalue weighted by atomic mass is 16.1. The van der Waals surface area contributed by atoms with Crippen LogP contribution >= 0.6 is 0 Å². The molecule has 66 valence electrons. The molecule has 0 amide bonds. The van der Waals surface area contributed by atoms with Gasteiger partial charge in [0.2, 0.25) is 0 Å². The first-order chi connectivity index (χ1) is 5.70. The molecule has 0 heterocycles. The van der Waals surface area contributed by atoms with Crippen molar-refractivity contribution in [2.24, 2.45) is 23.7 Å². The molecule has 0 aromatic heterocycles. The Hall–Kier alpha value is -0.590. The third-order valence-electron chi connectivity index (χ3n) is 3.61. The van der Waals surface area contributed by atoms with Gasteiger partial charge in [0.25, 0.3) is 0 Å². The van der Waals surface area contributed by atoms with Gasteiger partial charge in [-0.05, 0) is 37.5 Å². The summed E-state index contributed by atoms with van der Waals surface area (Å²) >= 11 is 0. The predicted molar refractivity (Wildman–Crippen MR) is 48.7 cm³/mol. The summed E-state index contributed by atoms with van der Waals surface area (Å²) in [5, 5.41) is 0. The fourth-order valence-electron chi connectivity index (χ4n) is 2.93. The summed E-state index contributed by atoms with van der Waals surface area (Å²) in [5.41, 5.74) is 0. The number of Topliss-reactive ketones (excluding diaryl/α,β-unsaturated/α-hetero) is 1. The van der Waals surface area contributed by atoms with Crippen LogP contribution in [0, 0.1) is 23.7 Å². The molecule has 12 heavy (non-hydrogen) atoms. The summed E-state index contributed by atoms with van der Waals surface area (Å²) in [5.74, 6) is 2.55. The van der Waals surface area contributed by atoms with E-state index in [1.54, 1.807) is 6.92 Å². The van der Waals surface area contributed by atoms with E-state index in [9.17, 15) is 4.79 Å². The first-order valence-electron chi connectivity index (χ1n) is 4.89. The maximum Gasteiger partial charge on any atom is 0.133 e. The number of rotatable bonds is 1. The van der Waals surface area contributed by atoms with Gasteiger partial charge in [-0.3, -0.25) is 4.79 Å². The SMILES string of the molecule is CC(=O)[C@@H]1[C@@H](C)[C@H]2C=C[C@@H]1CC2. The first-order valence-corrected chi connectivity index (χ1v) is 4.89. The second-order valence-electron chi connectivity index (χ2n) is 4.29. The molecule has 0 N–H and O–H groups in total. The summed E-state index contributed by atoms with van der Waals surface area (Å²) in [7, 11) is 0. The van der Waals surface area contributed by atoms with Crippen molar-refractivity contribution >= 4 is 5.78 Å². The molecule has 1 nitrogen and oxygen atoms in total. The number of ketones is 1. The van der Waals surface area contributed by atoms with Gasteiger partial charge in [0.15, 0.2) is 0 Å². The first kappa shape index (κ1) is 8.03. The summed E-state index contributed by atoms with van der Waals surface area (Å²) in [6.45, 7) is 3.97. The molecule has 4 atom stereocenters. The van der Waals surface area contributed by atoms with E-state index in [-0.39, 0.29) is 0 Å². The number of carbonyl (C=O) groups is 1. The van der Waals surface area contributed by atoms with Gasteiger partial charge in [-0.2, -0.15) is 0 Å². The summed E-state index contributed by atoms with van der Waals surface area (Å²) in [4.78, 5) is 11.4. The lowest BCUT2D eigenvalue weighted by Gasteiger charge is -2.42. The van der Waals surface area contributed by atoms with Crippen molar-refractivity contribution in [2.75, 3.05) is 0 Å². The van der Waals surface area contributed by atoms with Crippen LogP contribution in [0.3, 0.4) is 0 Å². The van der Waals surface area contributed by atoms with E-state index < -0.39 is 0 Å². The van der Waals surface area contributed by atoms with Crippen LogP contribution in [0.5, 0.6) is 0 Å².